The molecule has 0 radical (unpaired) electrons. The van der Waals surface area contributed by atoms with E-state index in [1.807, 2.05) is 23.1 Å². The molecule has 6 nitrogen and oxygen atoms in total. The number of aromatic amines is 1. The van der Waals surface area contributed by atoms with Gasteiger partial charge in [-0.05, 0) is 30.3 Å². The lowest BCUT2D eigenvalue weighted by atomic mass is 10.0. The van der Waals surface area contributed by atoms with E-state index < -0.39 is 12.0 Å². The largest absolute Gasteiger partial charge is 0.480 e. The van der Waals surface area contributed by atoms with Gasteiger partial charge in [-0.1, -0.05) is 6.07 Å². The maximum atomic E-state index is 13.4. The van der Waals surface area contributed by atoms with Crippen LogP contribution in [0.3, 0.4) is 0 Å². The predicted molar refractivity (Wildman–Crippen MR) is 96.7 cm³/mol. The number of rotatable bonds is 4. The number of H-pyrrole nitrogens is 1. The van der Waals surface area contributed by atoms with Gasteiger partial charge in [0, 0.05) is 55.0 Å². The monoisotopic (exact) mass is 354 g/mol. The van der Waals surface area contributed by atoms with Crippen molar-refractivity contribution in [2.24, 2.45) is 0 Å². The summed E-state index contributed by atoms with van der Waals surface area (Å²) in [5.41, 5.74) is 1.28. The summed E-state index contributed by atoms with van der Waals surface area (Å²) in [4.78, 5) is 23.5. The van der Waals surface area contributed by atoms with E-state index in [1.165, 1.54) is 12.1 Å². The number of benzene rings is 1. The maximum Gasteiger partial charge on any atom is 0.325 e. The fourth-order valence-corrected chi connectivity index (χ4v) is 3.58. The number of nitrogens with one attached hydrogen (secondary N) is 1. The molecule has 1 saturated heterocycles. The minimum Gasteiger partial charge on any atom is -0.480 e. The van der Waals surface area contributed by atoms with Crippen LogP contribution in [0, 0.1) is 5.82 Å². The molecular formula is C19H19FN4O2. The number of carbonyl (C=O) groups is 1. The Balaban J connectivity index is 1.57. The van der Waals surface area contributed by atoms with Gasteiger partial charge in [-0.15, -0.1) is 0 Å². The quantitative estimate of drug-likeness (QED) is 0.754. The van der Waals surface area contributed by atoms with E-state index in [4.69, 9.17) is 0 Å². The predicted octanol–water partition coefficient (Wildman–Crippen LogP) is 2.65. The molecule has 3 heterocycles. The number of anilines is 1. The molecule has 4 rings (SSSR count). The second-order valence-corrected chi connectivity index (χ2v) is 6.39. The van der Waals surface area contributed by atoms with Crippen molar-refractivity contribution in [2.75, 3.05) is 31.1 Å². The summed E-state index contributed by atoms with van der Waals surface area (Å²) in [6.45, 7) is 2.64. The Bertz CT molecular complexity index is 920. The molecule has 0 amide bonds. The highest BCUT2D eigenvalue weighted by Crippen LogP contribution is 2.30. The van der Waals surface area contributed by atoms with E-state index in [0.29, 0.717) is 37.3 Å². The van der Waals surface area contributed by atoms with E-state index >= 15 is 0 Å². The second kappa shape index (κ2) is 6.76. The molecular weight excluding hydrogens is 335 g/mol. The number of aromatic nitrogens is 2. The van der Waals surface area contributed by atoms with Gasteiger partial charge < -0.3 is 15.0 Å². The zero-order chi connectivity index (χ0) is 18.1. The molecule has 1 aliphatic heterocycles. The van der Waals surface area contributed by atoms with Crippen LogP contribution in [0.25, 0.3) is 10.9 Å². The summed E-state index contributed by atoms with van der Waals surface area (Å²) in [7, 11) is 0. The summed E-state index contributed by atoms with van der Waals surface area (Å²) in [5.74, 6) is -0.343. The molecule has 3 aromatic rings. The second-order valence-electron chi connectivity index (χ2n) is 6.39. The van der Waals surface area contributed by atoms with Crippen LogP contribution >= 0.6 is 0 Å². The number of nitrogens with zero attached hydrogens (tertiary/aromatic N) is 3. The highest BCUT2D eigenvalue weighted by molar-refractivity contribution is 5.89. The van der Waals surface area contributed by atoms with Crippen molar-refractivity contribution in [3.8, 4) is 0 Å². The number of fused-ring (bicyclic) bond motifs is 1. The van der Waals surface area contributed by atoms with Crippen LogP contribution < -0.4 is 4.90 Å². The average molecular weight is 354 g/mol. The third-order valence-electron chi connectivity index (χ3n) is 4.86. The fraction of sp³-hybridized carbons (Fsp3) is 0.263. The number of carboxylic acids is 1. The Morgan fingerprint density at radius 2 is 2.00 bits per heavy atom. The van der Waals surface area contributed by atoms with Crippen molar-refractivity contribution < 1.29 is 14.3 Å². The Hall–Kier alpha value is -2.93. The standard InChI is InChI=1S/C19H19FN4O2/c20-13-4-5-14-15(12-22-16(14)11-13)18(19(25)26)24-9-7-23(8-10-24)17-3-1-2-6-21-17/h1-6,11-12,18,22H,7-10H2,(H,25,26)/t18-/m1/s1. The minimum atomic E-state index is -0.901. The molecule has 1 fully saturated rings. The molecule has 0 saturated carbocycles. The minimum absolute atomic E-state index is 0.346. The van der Waals surface area contributed by atoms with Crippen molar-refractivity contribution in [1.82, 2.24) is 14.9 Å². The topological polar surface area (TPSA) is 72.5 Å². The van der Waals surface area contributed by atoms with Gasteiger partial charge in [0.05, 0.1) is 0 Å². The fourth-order valence-electron chi connectivity index (χ4n) is 3.58. The first-order valence-electron chi connectivity index (χ1n) is 8.53. The van der Waals surface area contributed by atoms with Gasteiger partial charge >= 0.3 is 5.97 Å². The Kier molecular flexibility index (Phi) is 4.30. The first kappa shape index (κ1) is 16.5. The summed E-state index contributed by atoms with van der Waals surface area (Å²) in [5, 5.41) is 10.6. The van der Waals surface area contributed by atoms with Crippen molar-refractivity contribution in [3.05, 3.63) is 60.2 Å². The summed E-state index contributed by atoms with van der Waals surface area (Å²) in [6, 6.07) is 9.39. The van der Waals surface area contributed by atoms with Gasteiger partial charge in [0.2, 0.25) is 0 Å². The van der Waals surface area contributed by atoms with E-state index in [0.717, 1.165) is 11.2 Å². The molecule has 26 heavy (non-hydrogen) atoms. The summed E-state index contributed by atoms with van der Waals surface area (Å²) < 4.78 is 13.4. The molecule has 1 aliphatic rings. The number of piperazine rings is 1. The lowest BCUT2D eigenvalue weighted by molar-refractivity contribution is -0.143. The smallest absolute Gasteiger partial charge is 0.325 e. The molecule has 0 aliphatic carbocycles. The van der Waals surface area contributed by atoms with Gasteiger partial charge in [0.25, 0.3) is 0 Å². The van der Waals surface area contributed by atoms with Gasteiger partial charge in [0.15, 0.2) is 0 Å². The van der Waals surface area contributed by atoms with E-state index in [-0.39, 0.29) is 5.82 Å². The molecule has 134 valence electrons. The third-order valence-corrected chi connectivity index (χ3v) is 4.86. The molecule has 1 aromatic carbocycles. The SMILES string of the molecule is O=C(O)[C@@H](c1c[nH]c2cc(F)ccc12)N1CCN(c2ccccn2)CC1. The van der Waals surface area contributed by atoms with Crippen molar-refractivity contribution in [3.63, 3.8) is 0 Å². The number of aliphatic carboxylic acids is 1. The lowest BCUT2D eigenvalue weighted by Crippen LogP contribution is -2.49. The molecule has 0 spiro atoms. The van der Waals surface area contributed by atoms with E-state index in [9.17, 15) is 14.3 Å². The highest BCUT2D eigenvalue weighted by atomic mass is 19.1. The van der Waals surface area contributed by atoms with Crippen LogP contribution in [0.4, 0.5) is 10.2 Å². The zero-order valence-corrected chi connectivity index (χ0v) is 14.1. The zero-order valence-electron chi connectivity index (χ0n) is 14.1. The number of carboxylic acid groups (broad SMARTS) is 1. The molecule has 7 heteroatoms. The molecule has 2 N–H and O–H groups in total. The molecule has 0 bridgehead atoms. The normalized spacial score (nSPS) is 16.7. The van der Waals surface area contributed by atoms with Gasteiger partial charge in [-0.2, -0.15) is 0 Å². The first-order chi connectivity index (χ1) is 12.6. The van der Waals surface area contributed by atoms with Crippen LogP contribution in [-0.2, 0) is 4.79 Å². The highest BCUT2D eigenvalue weighted by Gasteiger charge is 2.32. The number of hydrogen-bond acceptors (Lipinski definition) is 4. The summed E-state index contributed by atoms with van der Waals surface area (Å²) >= 11 is 0. The third kappa shape index (κ3) is 3.01. The van der Waals surface area contributed by atoms with Crippen LogP contribution in [-0.4, -0.2) is 52.1 Å². The van der Waals surface area contributed by atoms with Crippen LogP contribution in [0.1, 0.15) is 11.6 Å². The van der Waals surface area contributed by atoms with Gasteiger partial charge in [-0.25, -0.2) is 9.37 Å². The molecule has 2 aromatic heterocycles. The number of hydrogen-bond donors (Lipinski definition) is 2. The molecule has 0 unspecified atom stereocenters. The first-order valence-corrected chi connectivity index (χ1v) is 8.53. The van der Waals surface area contributed by atoms with Crippen LogP contribution in [0.15, 0.2) is 48.8 Å². The Labute approximate surface area is 149 Å². The van der Waals surface area contributed by atoms with E-state index in [1.54, 1.807) is 18.5 Å². The van der Waals surface area contributed by atoms with Crippen LogP contribution in [0.2, 0.25) is 0 Å². The Morgan fingerprint density at radius 1 is 1.19 bits per heavy atom. The molecule has 1 atom stereocenters. The average Bonchev–Trinajstić information content (AvgIpc) is 3.05. The summed E-state index contributed by atoms with van der Waals surface area (Å²) in [6.07, 6.45) is 3.43. The van der Waals surface area contributed by atoms with Crippen LogP contribution in [0.5, 0.6) is 0 Å². The maximum absolute atomic E-state index is 13.4. The van der Waals surface area contributed by atoms with Crippen molar-refractivity contribution in [1.29, 1.82) is 0 Å². The van der Waals surface area contributed by atoms with E-state index in [2.05, 4.69) is 14.9 Å². The van der Waals surface area contributed by atoms with Gasteiger partial charge in [0.1, 0.15) is 17.7 Å². The lowest BCUT2D eigenvalue weighted by Gasteiger charge is -2.38. The number of halogens is 1. The van der Waals surface area contributed by atoms with Gasteiger partial charge in [-0.3, -0.25) is 9.69 Å². The van der Waals surface area contributed by atoms with Crippen molar-refractivity contribution in [2.45, 2.75) is 6.04 Å². The van der Waals surface area contributed by atoms with Crippen molar-refractivity contribution >= 4 is 22.7 Å². The Morgan fingerprint density at radius 3 is 2.69 bits per heavy atom. The number of pyridine rings is 1.